The Hall–Kier alpha value is -2.57. The SMILES string of the molecule is NC(=O)CCCn1ccc(-c2ccc(F)c(F)c2F)cc1=O. The van der Waals surface area contributed by atoms with Crippen LogP contribution in [0.4, 0.5) is 13.2 Å². The van der Waals surface area contributed by atoms with Gasteiger partial charge in [0.15, 0.2) is 17.5 Å². The van der Waals surface area contributed by atoms with Gasteiger partial charge in [0.05, 0.1) is 0 Å². The maximum absolute atomic E-state index is 13.7. The summed E-state index contributed by atoms with van der Waals surface area (Å²) in [7, 11) is 0. The van der Waals surface area contributed by atoms with Gasteiger partial charge >= 0.3 is 0 Å². The van der Waals surface area contributed by atoms with Crippen LogP contribution < -0.4 is 11.3 Å². The molecule has 0 aliphatic rings. The molecule has 7 heteroatoms. The van der Waals surface area contributed by atoms with Gasteiger partial charge in [-0.1, -0.05) is 0 Å². The van der Waals surface area contributed by atoms with Crippen LogP contribution >= 0.6 is 0 Å². The minimum atomic E-state index is -1.58. The average molecular weight is 310 g/mol. The topological polar surface area (TPSA) is 65.1 Å². The molecule has 0 saturated heterocycles. The minimum absolute atomic E-state index is 0.145. The van der Waals surface area contributed by atoms with Crippen LogP contribution in [0.1, 0.15) is 12.8 Å². The van der Waals surface area contributed by atoms with Gasteiger partial charge in [-0.25, -0.2) is 13.2 Å². The van der Waals surface area contributed by atoms with Crippen molar-refractivity contribution >= 4 is 5.91 Å². The molecule has 0 unspecified atom stereocenters. The molecule has 22 heavy (non-hydrogen) atoms. The Morgan fingerprint density at radius 1 is 1.14 bits per heavy atom. The molecule has 2 N–H and O–H groups in total. The van der Waals surface area contributed by atoms with Gasteiger partial charge in [-0.15, -0.1) is 0 Å². The smallest absolute Gasteiger partial charge is 0.251 e. The summed E-state index contributed by atoms with van der Waals surface area (Å²) >= 11 is 0. The number of pyridine rings is 1. The van der Waals surface area contributed by atoms with Gasteiger partial charge in [0.1, 0.15) is 0 Å². The maximum atomic E-state index is 13.7. The van der Waals surface area contributed by atoms with Crippen LogP contribution in [0.15, 0.2) is 35.3 Å². The molecule has 1 amide bonds. The van der Waals surface area contributed by atoms with E-state index < -0.39 is 28.9 Å². The number of nitrogens with zero attached hydrogens (tertiary/aromatic N) is 1. The molecule has 4 nitrogen and oxygen atoms in total. The molecule has 0 radical (unpaired) electrons. The molecule has 1 aromatic heterocycles. The Balaban J connectivity index is 2.28. The van der Waals surface area contributed by atoms with E-state index in [9.17, 15) is 22.8 Å². The van der Waals surface area contributed by atoms with E-state index in [2.05, 4.69) is 0 Å². The fourth-order valence-corrected chi connectivity index (χ4v) is 2.03. The van der Waals surface area contributed by atoms with Crippen molar-refractivity contribution in [2.45, 2.75) is 19.4 Å². The summed E-state index contributed by atoms with van der Waals surface area (Å²) in [6.45, 7) is 0.280. The quantitative estimate of drug-likeness (QED) is 0.860. The van der Waals surface area contributed by atoms with Crippen LogP contribution in [0, 0.1) is 17.5 Å². The van der Waals surface area contributed by atoms with Crippen LogP contribution in [-0.2, 0) is 11.3 Å². The van der Waals surface area contributed by atoms with Crippen molar-refractivity contribution in [2.75, 3.05) is 0 Å². The third kappa shape index (κ3) is 3.36. The Labute approximate surface area is 124 Å². The van der Waals surface area contributed by atoms with E-state index in [1.807, 2.05) is 0 Å². The van der Waals surface area contributed by atoms with Crippen molar-refractivity contribution in [2.24, 2.45) is 5.73 Å². The summed E-state index contributed by atoms with van der Waals surface area (Å²) in [6.07, 6.45) is 1.94. The van der Waals surface area contributed by atoms with E-state index in [0.29, 0.717) is 6.42 Å². The number of halogens is 3. The number of primary amides is 1. The first kappa shape index (κ1) is 15.8. The van der Waals surface area contributed by atoms with Gasteiger partial charge in [-0.2, -0.15) is 0 Å². The summed E-state index contributed by atoms with van der Waals surface area (Å²) in [5.41, 5.74) is 4.52. The minimum Gasteiger partial charge on any atom is -0.370 e. The lowest BCUT2D eigenvalue weighted by molar-refractivity contribution is -0.118. The highest BCUT2D eigenvalue weighted by Crippen LogP contribution is 2.24. The highest BCUT2D eigenvalue weighted by molar-refractivity contribution is 5.73. The molecule has 116 valence electrons. The maximum Gasteiger partial charge on any atom is 0.251 e. The summed E-state index contributed by atoms with van der Waals surface area (Å²) in [5.74, 6) is -4.68. The molecular formula is C15H13F3N2O2. The van der Waals surface area contributed by atoms with E-state index in [0.717, 1.165) is 18.2 Å². The molecule has 1 aromatic carbocycles. The molecule has 0 saturated carbocycles. The summed E-state index contributed by atoms with van der Waals surface area (Å²) in [5, 5.41) is 0. The molecule has 0 aliphatic heterocycles. The van der Waals surface area contributed by atoms with Gasteiger partial charge < -0.3 is 10.3 Å². The summed E-state index contributed by atoms with van der Waals surface area (Å²) in [4.78, 5) is 22.5. The van der Waals surface area contributed by atoms with E-state index in [4.69, 9.17) is 5.73 Å². The Morgan fingerprint density at radius 3 is 2.50 bits per heavy atom. The van der Waals surface area contributed by atoms with Crippen molar-refractivity contribution < 1.29 is 18.0 Å². The predicted molar refractivity (Wildman–Crippen MR) is 74.4 cm³/mol. The number of aromatic nitrogens is 1. The van der Waals surface area contributed by atoms with Gasteiger partial charge in [0, 0.05) is 30.8 Å². The van der Waals surface area contributed by atoms with Crippen LogP contribution in [0.5, 0.6) is 0 Å². The van der Waals surface area contributed by atoms with Gasteiger partial charge in [0.2, 0.25) is 5.91 Å². The van der Waals surface area contributed by atoms with Crippen molar-refractivity contribution in [3.05, 3.63) is 58.3 Å². The van der Waals surface area contributed by atoms with Gasteiger partial charge in [0.25, 0.3) is 5.56 Å². The monoisotopic (exact) mass is 310 g/mol. The lowest BCUT2D eigenvalue weighted by Gasteiger charge is -2.08. The fourth-order valence-electron chi connectivity index (χ4n) is 2.03. The number of rotatable bonds is 5. The number of carbonyl (C=O) groups is 1. The first-order chi connectivity index (χ1) is 10.4. The second-order valence-electron chi connectivity index (χ2n) is 4.74. The summed E-state index contributed by atoms with van der Waals surface area (Å²) < 4.78 is 41.1. The first-order valence-electron chi connectivity index (χ1n) is 6.53. The number of hydrogen-bond acceptors (Lipinski definition) is 2. The Morgan fingerprint density at radius 2 is 1.86 bits per heavy atom. The lowest BCUT2D eigenvalue weighted by atomic mass is 10.1. The molecule has 0 spiro atoms. The van der Waals surface area contributed by atoms with E-state index in [1.165, 1.54) is 16.8 Å². The van der Waals surface area contributed by atoms with Crippen LogP contribution in [0.25, 0.3) is 11.1 Å². The number of amides is 1. The van der Waals surface area contributed by atoms with Crippen molar-refractivity contribution in [3.63, 3.8) is 0 Å². The fraction of sp³-hybridized carbons (Fsp3) is 0.200. The number of nitrogens with two attached hydrogens (primary N) is 1. The summed E-state index contributed by atoms with van der Waals surface area (Å²) in [6, 6.07) is 4.41. The molecule has 0 fully saturated rings. The molecule has 0 bridgehead atoms. The van der Waals surface area contributed by atoms with Crippen molar-refractivity contribution in [1.82, 2.24) is 4.57 Å². The number of hydrogen-bond donors (Lipinski definition) is 1. The Bertz CT molecular complexity index is 772. The molecule has 0 aliphatic carbocycles. The van der Waals surface area contributed by atoms with Gasteiger partial charge in [-0.05, 0) is 30.2 Å². The standard InChI is InChI=1S/C15H13F3N2O2/c16-11-4-3-10(14(17)15(11)18)9-5-7-20(13(22)8-9)6-1-2-12(19)21/h3-5,7-8H,1-2,6H2,(H2,19,21). The molecule has 0 atom stereocenters. The number of benzene rings is 1. The molecule has 2 rings (SSSR count). The van der Waals surface area contributed by atoms with Crippen molar-refractivity contribution in [3.8, 4) is 11.1 Å². The second-order valence-corrected chi connectivity index (χ2v) is 4.74. The zero-order valence-corrected chi connectivity index (χ0v) is 11.5. The van der Waals surface area contributed by atoms with Gasteiger partial charge in [-0.3, -0.25) is 9.59 Å². The number of aryl methyl sites for hydroxylation is 1. The zero-order chi connectivity index (χ0) is 16.3. The molecule has 2 aromatic rings. The third-order valence-electron chi connectivity index (χ3n) is 3.16. The lowest BCUT2D eigenvalue weighted by Crippen LogP contribution is -2.20. The number of carbonyl (C=O) groups excluding carboxylic acids is 1. The largest absolute Gasteiger partial charge is 0.370 e. The van der Waals surface area contributed by atoms with E-state index in [-0.39, 0.29) is 24.1 Å². The Kier molecular flexibility index (Phi) is 4.65. The third-order valence-corrected chi connectivity index (χ3v) is 3.16. The molecular weight excluding hydrogens is 297 g/mol. The highest BCUT2D eigenvalue weighted by Gasteiger charge is 2.15. The zero-order valence-electron chi connectivity index (χ0n) is 11.5. The highest BCUT2D eigenvalue weighted by atomic mass is 19.2. The molecule has 1 heterocycles. The first-order valence-corrected chi connectivity index (χ1v) is 6.53. The van der Waals surface area contributed by atoms with Crippen LogP contribution in [0.2, 0.25) is 0 Å². The second kappa shape index (κ2) is 6.46. The van der Waals surface area contributed by atoms with E-state index >= 15 is 0 Å². The predicted octanol–water partition coefficient (Wildman–Crippen LogP) is 2.20. The van der Waals surface area contributed by atoms with Crippen LogP contribution in [-0.4, -0.2) is 10.5 Å². The normalized spacial score (nSPS) is 10.7. The van der Waals surface area contributed by atoms with Crippen LogP contribution in [0.3, 0.4) is 0 Å². The van der Waals surface area contributed by atoms with E-state index in [1.54, 1.807) is 0 Å². The average Bonchev–Trinajstić information content (AvgIpc) is 2.46. The van der Waals surface area contributed by atoms with Crippen molar-refractivity contribution in [1.29, 1.82) is 0 Å².